The summed E-state index contributed by atoms with van der Waals surface area (Å²) in [6.45, 7) is 13.8. The first-order valence-electron chi connectivity index (χ1n) is 9.57. The lowest BCUT2D eigenvalue weighted by Gasteiger charge is -2.17. The fraction of sp³-hybridized carbons (Fsp3) is 0.944. The molecule has 0 saturated heterocycles. The number of unbranched alkanes of at least 4 members (excludes halogenated alkanes) is 2. The minimum Gasteiger partial charge on any atom is -0.481 e. The number of carboxylic acid groups (broad SMARTS) is 1. The average molecular weight is 362 g/mol. The molecule has 7 nitrogen and oxygen atoms in total. The Bertz CT molecular complexity index is 273. The van der Waals surface area contributed by atoms with Gasteiger partial charge in [0.15, 0.2) is 0 Å². The van der Waals surface area contributed by atoms with Gasteiger partial charge in [-0.25, -0.2) is 0 Å². The molecule has 0 rings (SSSR count). The quantitative estimate of drug-likeness (QED) is 0.238. The second kappa shape index (κ2) is 19.6. The molecule has 0 aliphatic rings. The van der Waals surface area contributed by atoms with Gasteiger partial charge >= 0.3 is 5.97 Å². The lowest BCUT2D eigenvalue weighted by atomic mass is 9.89. The zero-order valence-electron chi connectivity index (χ0n) is 16.7. The van der Waals surface area contributed by atoms with E-state index in [0.717, 1.165) is 58.5 Å². The monoisotopic (exact) mass is 361 g/mol. The summed E-state index contributed by atoms with van der Waals surface area (Å²) in [7, 11) is 0. The molecule has 0 aromatic heterocycles. The Hall–Kier alpha value is -0.730. The standard InChI is InChI=1S/C10H20O2.C8H23N5/c1-10(2,3)8-6-4-5-7-9(11)12;9-1-3-11-5-7-13-8-6-12-4-2-10/h4-8H2,1-3H3,(H,11,12);11-13H,1-10H2. The Morgan fingerprint density at radius 3 is 1.60 bits per heavy atom. The van der Waals surface area contributed by atoms with Crippen LogP contribution in [0.1, 0.15) is 52.9 Å². The van der Waals surface area contributed by atoms with Crippen LogP contribution in [-0.4, -0.2) is 63.4 Å². The summed E-state index contributed by atoms with van der Waals surface area (Å²) in [5.41, 5.74) is 11.0. The first-order chi connectivity index (χ1) is 11.8. The van der Waals surface area contributed by atoms with Crippen LogP contribution >= 0.6 is 0 Å². The average Bonchev–Trinajstić information content (AvgIpc) is 2.52. The van der Waals surface area contributed by atoms with Crippen molar-refractivity contribution in [1.82, 2.24) is 16.0 Å². The molecular formula is C18H43N5O2. The van der Waals surface area contributed by atoms with Gasteiger partial charge in [-0.15, -0.1) is 0 Å². The molecule has 0 fully saturated rings. The molecule has 0 unspecified atom stereocenters. The molecule has 0 bridgehead atoms. The number of aliphatic carboxylic acids is 1. The summed E-state index contributed by atoms with van der Waals surface area (Å²) in [6.07, 6.45) is 4.53. The molecule has 0 spiro atoms. The predicted octanol–water partition coefficient (Wildman–Crippen LogP) is 0.740. The zero-order valence-corrected chi connectivity index (χ0v) is 16.7. The van der Waals surface area contributed by atoms with Crippen LogP contribution in [0.3, 0.4) is 0 Å². The predicted molar refractivity (Wildman–Crippen MR) is 107 cm³/mol. The minimum atomic E-state index is -0.675. The fourth-order valence-corrected chi connectivity index (χ4v) is 2.04. The Labute approximate surface area is 154 Å². The maximum Gasteiger partial charge on any atom is 0.303 e. The van der Waals surface area contributed by atoms with E-state index in [1.807, 2.05) is 0 Å². The van der Waals surface area contributed by atoms with Crippen molar-refractivity contribution in [1.29, 1.82) is 0 Å². The zero-order chi connectivity index (χ0) is 19.4. The van der Waals surface area contributed by atoms with Crippen LogP contribution in [0.5, 0.6) is 0 Å². The third-order valence-electron chi connectivity index (χ3n) is 3.42. The number of rotatable bonds is 15. The van der Waals surface area contributed by atoms with E-state index in [9.17, 15) is 4.79 Å². The van der Waals surface area contributed by atoms with Crippen LogP contribution in [0.15, 0.2) is 0 Å². The van der Waals surface area contributed by atoms with E-state index in [-0.39, 0.29) is 0 Å². The second-order valence-electron chi connectivity index (χ2n) is 7.34. The van der Waals surface area contributed by atoms with Crippen LogP contribution in [0.25, 0.3) is 0 Å². The minimum absolute atomic E-state index is 0.324. The van der Waals surface area contributed by atoms with Crippen molar-refractivity contribution in [3.63, 3.8) is 0 Å². The van der Waals surface area contributed by atoms with Gasteiger partial charge in [-0.3, -0.25) is 4.79 Å². The number of hydrogen-bond donors (Lipinski definition) is 6. The van der Waals surface area contributed by atoms with E-state index in [0.29, 0.717) is 24.9 Å². The molecule has 0 aromatic rings. The van der Waals surface area contributed by atoms with Gasteiger partial charge in [-0.05, 0) is 18.3 Å². The van der Waals surface area contributed by atoms with Crippen molar-refractivity contribution in [2.75, 3.05) is 52.4 Å². The largest absolute Gasteiger partial charge is 0.481 e. The highest BCUT2D eigenvalue weighted by Crippen LogP contribution is 2.22. The van der Waals surface area contributed by atoms with Crippen LogP contribution in [0, 0.1) is 5.41 Å². The first-order valence-corrected chi connectivity index (χ1v) is 9.57. The fourth-order valence-electron chi connectivity index (χ4n) is 2.04. The Morgan fingerprint density at radius 1 is 0.800 bits per heavy atom. The molecule has 0 aliphatic carbocycles. The second-order valence-corrected chi connectivity index (χ2v) is 7.34. The van der Waals surface area contributed by atoms with Crippen molar-refractivity contribution < 1.29 is 9.90 Å². The Kier molecular flexibility index (Phi) is 20.8. The summed E-state index contributed by atoms with van der Waals surface area (Å²) < 4.78 is 0. The van der Waals surface area contributed by atoms with E-state index in [4.69, 9.17) is 16.6 Å². The number of nitrogens with two attached hydrogens (primary N) is 2. The normalized spacial score (nSPS) is 11.1. The van der Waals surface area contributed by atoms with Crippen LogP contribution in [0.4, 0.5) is 0 Å². The highest BCUT2D eigenvalue weighted by Gasteiger charge is 2.08. The molecule has 0 aromatic carbocycles. The highest BCUT2D eigenvalue weighted by molar-refractivity contribution is 5.66. The van der Waals surface area contributed by atoms with Crippen LogP contribution < -0.4 is 27.4 Å². The van der Waals surface area contributed by atoms with Gasteiger partial charge in [-0.2, -0.15) is 0 Å². The van der Waals surface area contributed by atoms with Crippen molar-refractivity contribution in [3.05, 3.63) is 0 Å². The number of carbonyl (C=O) groups is 1. The maximum absolute atomic E-state index is 10.2. The molecule has 0 saturated carbocycles. The van der Waals surface area contributed by atoms with Crippen LogP contribution in [0.2, 0.25) is 0 Å². The number of nitrogens with one attached hydrogen (secondary N) is 3. The SMILES string of the molecule is CC(C)(C)CCCCCC(=O)O.NCCNCCNCCNCCN. The van der Waals surface area contributed by atoms with E-state index < -0.39 is 5.97 Å². The highest BCUT2D eigenvalue weighted by atomic mass is 16.4. The van der Waals surface area contributed by atoms with Crippen molar-refractivity contribution in [2.24, 2.45) is 16.9 Å². The van der Waals surface area contributed by atoms with Gasteiger partial charge in [-0.1, -0.05) is 33.6 Å². The van der Waals surface area contributed by atoms with Crippen molar-refractivity contribution >= 4 is 5.97 Å². The van der Waals surface area contributed by atoms with Crippen LogP contribution in [-0.2, 0) is 4.79 Å². The Morgan fingerprint density at radius 2 is 1.24 bits per heavy atom. The first kappa shape index (κ1) is 26.5. The lowest BCUT2D eigenvalue weighted by Crippen LogP contribution is -2.35. The van der Waals surface area contributed by atoms with Crippen molar-refractivity contribution in [3.8, 4) is 0 Å². The summed E-state index contributed by atoms with van der Waals surface area (Å²) in [5, 5.41) is 18.1. The number of carboxylic acids is 1. The summed E-state index contributed by atoms with van der Waals surface area (Å²) in [5.74, 6) is -0.675. The molecule has 0 aliphatic heterocycles. The van der Waals surface area contributed by atoms with Gasteiger partial charge in [0.2, 0.25) is 0 Å². The maximum atomic E-state index is 10.2. The lowest BCUT2D eigenvalue weighted by molar-refractivity contribution is -0.137. The van der Waals surface area contributed by atoms with Gasteiger partial charge in [0.1, 0.15) is 0 Å². The molecule has 25 heavy (non-hydrogen) atoms. The molecule has 0 heterocycles. The van der Waals surface area contributed by atoms with Gasteiger partial charge in [0.25, 0.3) is 0 Å². The molecular weight excluding hydrogens is 318 g/mol. The molecule has 7 heteroatoms. The molecule has 152 valence electrons. The summed E-state index contributed by atoms with van der Waals surface area (Å²) in [4.78, 5) is 10.2. The molecule has 0 atom stereocenters. The van der Waals surface area contributed by atoms with E-state index in [2.05, 4.69) is 36.7 Å². The molecule has 0 amide bonds. The van der Waals surface area contributed by atoms with Crippen molar-refractivity contribution in [2.45, 2.75) is 52.9 Å². The van der Waals surface area contributed by atoms with E-state index in [1.54, 1.807) is 0 Å². The smallest absolute Gasteiger partial charge is 0.303 e. The summed E-state index contributed by atoms with van der Waals surface area (Å²) in [6, 6.07) is 0. The third kappa shape index (κ3) is 31.5. The van der Waals surface area contributed by atoms with E-state index >= 15 is 0 Å². The molecule has 8 N–H and O–H groups in total. The van der Waals surface area contributed by atoms with E-state index in [1.165, 1.54) is 6.42 Å². The topological polar surface area (TPSA) is 125 Å². The summed E-state index contributed by atoms with van der Waals surface area (Å²) >= 11 is 0. The Balaban J connectivity index is 0. The third-order valence-corrected chi connectivity index (χ3v) is 3.42. The number of hydrogen-bond acceptors (Lipinski definition) is 6. The van der Waals surface area contributed by atoms with Gasteiger partial charge in [0, 0.05) is 58.8 Å². The van der Waals surface area contributed by atoms with Gasteiger partial charge in [0.05, 0.1) is 0 Å². The van der Waals surface area contributed by atoms with Gasteiger partial charge < -0.3 is 32.5 Å². The molecule has 0 radical (unpaired) electrons.